The Morgan fingerprint density at radius 1 is 1.34 bits per heavy atom. The smallest absolute Gasteiger partial charge is 0.434 e. The number of nitrogens with zero attached hydrogens (tertiary/aromatic N) is 2. The SMILES string of the molecule is CCNC(=NCc1nc(C(F)(F)F)cs1)NC1CC(C)(C)Oc2ccccc21.I. The van der Waals surface area contributed by atoms with Gasteiger partial charge in [0.15, 0.2) is 11.7 Å². The molecule has 3 rings (SSSR count). The first-order chi connectivity index (χ1) is 13.2. The Kier molecular flexibility index (Phi) is 7.77. The molecule has 1 aromatic carbocycles. The summed E-state index contributed by atoms with van der Waals surface area (Å²) in [4.78, 5) is 8.06. The number of hydrogen-bond acceptors (Lipinski definition) is 4. The largest absolute Gasteiger partial charge is 0.487 e. The summed E-state index contributed by atoms with van der Waals surface area (Å²) in [5, 5.41) is 7.87. The maximum atomic E-state index is 12.7. The van der Waals surface area contributed by atoms with Gasteiger partial charge < -0.3 is 15.4 Å². The molecule has 1 aliphatic heterocycles. The molecule has 0 radical (unpaired) electrons. The fourth-order valence-corrected chi connectivity index (χ4v) is 3.80. The predicted octanol–water partition coefficient (Wildman–Crippen LogP) is 5.14. The van der Waals surface area contributed by atoms with Gasteiger partial charge in [0, 0.05) is 23.9 Å². The van der Waals surface area contributed by atoms with E-state index in [-0.39, 0.29) is 42.2 Å². The summed E-state index contributed by atoms with van der Waals surface area (Å²) in [5.74, 6) is 1.35. The van der Waals surface area contributed by atoms with Crippen molar-refractivity contribution in [3.05, 3.63) is 45.9 Å². The summed E-state index contributed by atoms with van der Waals surface area (Å²) in [6, 6.07) is 7.79. The van der Waals surface area contributed by atoms with Crippen molar-refractivity contribution in [2.45, 2.75) is 51.6 Å². The lowest BCUT2D eigenvalue weighted by Crippen LogP contribution is -2.45. The lowest BCUT2D eigenvalue weighted by Gasteiger charge is -2.38. The number of para-hydroxylation sites is 1. The number of halogens is 4. The molecule has 0 saturated heterocycles. The highest BCUT2D eigenvalue weighted by atomic mass is 127. The van der Waals surface area contributed by atoms with Crippen LogP contribution in [0.25, 0.3) is 0 Å². The number of alkyl halides is 3. The van der Waals surface area contributed by atoms with Crippen molar-refractivity contribution < 1.29 is 17.9 Å². The van der Waals surface area contributed by atoms with Gasteiger partial charge >= 0.3 is 6.18 Å². The molecule has 1 aliphatic rings. The average Bonchev–Trinajstić information content (AvgIpc) is 3.08. The Hall–Kier alpha value is -1.56. The maximum Gasteiger partial charge on any atom is 0.434 e. The van der Waals surface area contributed by atoms with Crippen molar-refractivity contribution in [1.29, 1.82) is 0 Å². The summed E-state index contributed by atoms with van der Waals surface area (Å²) >= 11 is 0.957. The summed E-state index contributed by atoms with van der Waals surface area (Å²) < 4.78 is 44.2. The molecule has 1 aromatic heterocycles. The van der Waals surface area contributed by atoms with E-state index in [1.54, 1.807) is 0 Å². The Balaban J connectivity index is 0.00000300. The third-order valence-corrected chi connectivity index (χ3v) is 5.08. The summed E-state index contributed by atoms with van der Waals surface area (Å²) in [6.07, 6.45) is -3.71. The number of guanidine groups is 1. The van der Waals surface area contributed by atoms with E-state index in [0.717, 1.165) is 34.5 Å². The second-order valence-corrected chi connectivity index (χ2v) is 8.06. The number of thiazole rings is 1. The molecular weight excluding hydrogens is 516 g/mol. The molecular formula is C19H24F3IN4OS. The van der Waals surface area contributed by atoms with Crippen LogP contribution in [0.3, 0.4) is 0 Å². The molecule has 2 heterocycles. The third kappa shape index (κ3) is 6.21. The zero-order chi connectivity index (χ0) is 20.4. The van der Waals surface area contributed by atoms with Crippen LogP contribution in [0.1, 0.15) is 49.5 Å². The molecule has 1 unspecified atom stereocenters. The van der Waals surface area contributed by atoms with E-state index in [1.807, 2.05) is 45.0 Å². The first-order valence-corrected chi connectivity index (χ1v) is 9.90. The molecule has 10 heteroatoms. The lowest BCUT2D eigenvalue weighted by atomic mass is 9.90. The molecule has 29 heavy (non-hydrogen) atoms. The van der Waals surface area contributed by atoms with Crippen LogP contribution in [0, 0.1) is 0 Å². The molecule has 0 spiro atoms. The highest BCUT2D eigenvalue weighted by Crippen LogP contribution is 2.39. The van der Waals surface area contributed by atoms with Gasteiger partial charge in [0.1, 0.15) is 16.4 Å². The van der Waals surface area contributed by atoms with Gasteiger partial charge in [-0.3, -0.25) is 0 Å². The molecule has 0 saturated carbocycles. The number of rotatable bonds is 4. The lowest BCUT2D eigenvalue weighted by molar-refractivity contribution is -0.140. The fraction of sp³-hybridized carbons (Fsp3) is 0.474. The minimum atomic E-state index is -4.43. The van der Waals surface area contributed by atoms with Crippen LogP contribution in [-0.2, 0) is 12.7 Å². The Morgan fingerprint density at radius 3 is 2.72 bits per heavy atom. The fourth-order valence-electron chi connectivity index (χ4n) is 3.08. The monoisotopic (exact) mass is 540 g/mol. The van der Waals surface area contributed by atoms with E-state index in [9.17, 15) is 13.2 Å². The van der Waals surface area contributed by atoms with Gasteiger partial charge in [0.2, 0.25) is 0 Å². The zero-order valence-electron chi connectivity index (χ0n) is 16.3. The molecule has 2 N–H and O–H groups in total. The van der Waals surface area contributed by atoms with Gasteiger partial charge in [-0.1, -0.05) is 18.2 Å². The van der Waals surface area contributed by atoms with Gasteiger partial charge in [0.05, 0.1) is 12.6 Å². The Labute approximate surface area is 189 Å². The third-order valence-electron chi connectivity index (χ3n) is 4.25. The van der Waals surface area contributed by atoms with Crippen molar-refractivity contribution in [2.75, 3.05) is 6.54 Å². The van der Waals surface area contributed by atoms with E-state index in [2.05, 4.69) is 20.6 Å². The maximum absolute atomic E-state index is 12.7. The summed E-state index contributed by atoms with van der Waals surface area (Å²) in [6.45, 7) is 6.69. The second kappa shape index (κ2) is 9.50. The van der Waals surface area contributed by atoms with Crippen LogP contribution >= 0.6 is 35.3 Å². The average molecular weight is 540 g/mol. The quantitative estimate of drug-likeness (QED) is 0.321. The van der Waals surface area contributed by atoms with E-state index in [1.165, 1.54) is 0 Å². The molecule has 2 aromatic rings. The molecule has 0 fully saturated rings. The standard InChI is InChI=1S/C19H23F3N4OS.HI/c1-4-23-17(24-10-16-26-15(11-28-16)19(20,21)22)25-13-9-18(2,3)27-14-8-6-5-7-12(13)14;/h5-8,11,13H,4,9-10H2,1-3H3,(H2,23,24,25);1H. The number of fused-ring (bicyclic) bond motifs is 1. The van der Waals surface area contributed by atoms with Crippen LogP contribution in [-0.4, -0.2) is 23.1 Å². The number of nitrogens with one attached hydrogen (secondary N) is 2. The number of benzene rings is 1. The Morgan fingerprint density at radius 2 is 2.07 bits per heavy atom. The Bertz CT molecular complexity index is 854. The van der Waals surface area contributed by atoms with Crippen LogP contribution in [0.5, 0.6) is 5.75 Å². The topological polar surface area (TPSA) is 58.5 Å². The van der Waals surface area contributed by atoms with Crippen molar-refractivity contribution in [2.24, 2.45) is 4.99 Å². The highest BCUT2D eigenvalue weighted by Gasteiger charge is 2.35. The minimum Gasteiger partial charge on any atom is -0.487 e. The van der Waals surface area contributed by atoms with Crippen LogP contribution in [0.4, 0.5) is 13.2 Å². The molecule has 0 aliphatic carbocycles. The van der Waals surface area contributed by atoms with E-state index < -0.39 is 11.9 Å². The molecule has 0 amide bonds. The van der Waals surface area contributed by atoms with Gasteiger partial charge in [0.25, 0.3) is 0 Å². The first kappa shape index (κ1) is 23.7. The van der Waals surface area contributed by atoms with E-state index >= 15 is 0 Å². The number of aliphatic imine (C=N–C) groups is 1. The van der Waals surface area contributed by atoms with Crippen LogP contribution in [0.15, 0.2) is 34.6 Å². The first-order valence-electron chi connectivity index (χ1n) is 9.02. The van der Waals surface area contributed by atoms with Crippen LogP contribution in [0.2, 0.25) is 0 Å². The second-order valence-electron chi connectivity index (χ2n) is 7.12. The summed E-state index contributed by atoms with van der Waals surface area (Å²) in [7, 11) is 0. The minimum absolute atomic E-state index is 0. The van der Waals surface area contributed by atoms with Crippen molar-refractivity contribution in [3.8, 4) is 5.75 Å². The van der Waals surface area contributed by atoms with Crippen LogP contribution < -0.4 is 15.4 Å². The van der Waals surface area contributed by atoms with Gasteiger partial charge in [-0.2, -0.15) is 13.2 Å². The summed E-state index contributed by atoms with van der Waals surface area (Å²) in [5.41, 5.74) is -0.193. The van der Waals surface area contributed by atoms with Crippen molar-refractivity contribution >= 4 is 41.3 Å². The number of aromatic nitrogens is 1. The molecule has 160 valence electrons. The van der Waals surface area contributed by atoms with Gasteiger partial charge in [-0.05, 0) is 26.8 Å². The molecule has 0 bridgehead atoms. The van der Waals surface area contributed by atoms with Crippen molar-refractivity contribution in [1.82, 2.24) is 15.6 Å². The number of hydrogen-bond donors (Lipinski definition) is 2. The van der Waals surface area contributed by atoms with E-state index in [4.69, 9.17) is 4.74 Å². The zero-order valence-corrected chi connectivity index (χ0v) is 19.5. The molecule has 1 atom stereocenters. The van der Waals surface area contributed by atoms with Gasteiger partial charge in [-0.25, -0.2) is 9.98 Å². The van der Waals surface area contributed by atoms with Gasteiger partial charge in [-0.15, -0.1) is 35.3 Å². The predicted molar refractivity (Wildman–Crippen MR) is 119 cm³/mol. The number of ether oxygens (including phenoxy) is 1. The normalized spacial score (nSPS) is 18.3. The highest BCUT2D eigenvalue weighted by molar-refractivity contribution is 14.0. The molecule has 5 nitrogen and oxygen atoms in total. The van der Waals surface area contributed by atoms with Crippen molar-refractivity contribution in [3.63, 3.8) is 0 Å². The van der Waals surface area contributed by atoms with E-state index in [0.29, 0.717) is 17.5 Å².